The quantitative estimate of drug-likeness (QED) is 0.786. The first-order valence-electron chi connectivity index (χ1n) is 7.43. The normalized spacial score (nSPS) is 10.7. The number of ether oxygens (including phenoxy) is 1. The summed E-state index contributed by atoms with van der Waals surface area (Å²) in [5, 5.41) is 10.1. The van der Waals surface area contributed by atoms with E-state index in [1.165, 1.54) is 5.56 Å². The van der Waals surface area contributed by atoms with Crippen molar-refractivity contribution < 1.29 is 14.6 Å². The molecule has 23 heavy (non-hydrogen) atoms. The van der Waals surface area contributed by atoms with Gasteiger partial charge in [0.05, 0.1) is 23.9 Å². The minimum atomic E-state index is -0.964. The van der Waals surface area contributed by atoms with Gasteiger partial charge < -0.3 is 9.84 Å². The van der Waals surface area contributed by atoms with Crippen LogP contribution in [0.5, 0.6) is 5.75 Å². The summed E-state index contributed by atoms with van der Waals surface area (Å²) in [5.41, 5.74) is 3.63. The monoisotopic (exact) mass is 307 g/mol. The fourth-order valence-electron chi connectivity index (χ4n) is 2.57. The van der Waals surface area contributed by atoms with Crippen molar-refractivity contribution >= 4 is 16.9 Å². The molecule has 2 aromatic carbocycles. The number of hydrogen-bond acceptors (Lipinski definition) is 3. The molecule has 0 radical (unpaired) electrons. The van der Waals surface area contributed by atoms with E-state index in [4.69, 9.17) is 4.74 Å². The van der Waals surface area contributed by atoms with Gasteiger partial charge in [0.15, 0.2) is 0 Å². The van der Waals surface area contributed by atoms with Crippen LogP contribution in [0.2, 0.25) is 0 Å². The summed E-state index contributed by atoms with van der Waals surface area (Å²) in [6.45, 7) is 2.10. The molecular weight excluding hydrogens is 290 g/mol. The summed E-state index contributed by atoms with van der Waals surface area (Å²) in [6, 6.07) is 14.9. The number of pyridine rings is 1. The number of carbonyl (C=O) groups is 1. The van der Waals surface area contributed by atoms with Gasteiger partial charge in [-0.3, -0.25) is 0 Å². The lowest BCUT2D eigenvalue weighted by atomic mass is 10.0. The van der Waals surface area contributed by atoms with Crippen molar-refractivity contribution in [2.45, 2.75) is 13.3 Å². The highest BCUT2D eigenvalue weighted by atomic mass is 16.5. The number of methoxy groups -OCH3 is 1. The molecule has 0 saturated heterocycles. The largest absolute Gasteiger partial charge is 0.497 e. The van der Waals surface area contributed by atoms with Gasteiger partial charge in [0, 0.05) is 17.0 Å². The summed E-state index contributed by atoms with van der Waals surface area (Å²) >= 11 is 0. The van der Waals surface area contributed by atoms with E-state index in [1.54, 1.807) is 31.4 Å². The van der Waals surface area contributed by atoms with Gasteiger partial charge in [-0.2, -0.15) is 0 Å². The standard InChI is InChI=1S/C19H17NO3/c1-3-12-4-6-13(7-5-12)17-11-16(19(21)22)15-9-8-14(23-2)10-18(15)20-17/h4-11H,3H2,1-2H3,(H,21,22). The maximum atomic E-state index is 11.6. The van der Waals surface area contributed by atoms with E-state index < -0.39 is 5.97 Å². The third-order valence-corrected chi connectivity index (χ3v) is 3.91. The number of rotatable bonds is 4. The second-order valence-corrected chi connectivity index (χ2v) is 5.29. The first-order chi connectivity index (χ1) is 11.1. The Morgan fingerprint density at radius 2 is 1.87 bits per heavy atom. The fourth-order valence-corrected chi connectivity index (χ4v) is 2.57. The van der Waals surface area contributed by atoms with Gasteiger partial charge in [-0.15, -0.1) is 0 Å². The van der Waals surface area contributed by atoms with Crippen molar-refractivity contribution in [1.82, 2.24) is 4.98 Å². The Labute approximate surface area is 134 Å². The molecule has 0 fully saturated rings. The maximum absolute atomic E-state index is 11.6. The third kappa shape index (κ3) is 2.88. The summed E-state index contributed by atoms with van der Waals surface area (Å²) in [4.78, 5) is 16.2. The minimum absolute atomic E-state index is 0.243. The average molecular weight is 307 g/mol. The van der Waals surface area contributed by atoms with E-state index in [-0.39, 0.29) is 5.56 Å². The molecule has 3 rings (SSSR count). The molecule has 0 aliphatic heterocycles. The predicted molar refractivity (Wildman–Crippen MR) is 90.1 cm³/mol. The molecule has 0 atom stereocenters. The van der Waals surface area contributed by atoms with Crippen molar-refractivity contribution in [3.05, 3.63) is 59.7 Å². The van der Waals surface area contributed by atoms with Crippen molar-refractivity contribution in [1.29, 1.82) is 0 Å². The molecule has 0 aliphatic rings. The van der Waals surface area contributed by atoms with Gasteiger partial charge in [0.2, 0.25) is 0 Å². The Hall–Kier alpha value is -2.88. The van der Waals surface area contributed by atoms with E-state index in [0.717, 1.165) is 12.0 Å². The second-order valence-electron chi connectivity index (χ2n) is 5.29. The van der Waals surface area contributed by atoms with Crippen LogP contribution >= 0.6 is 0 Å². The number of aromatic nitrogens is 1. The molecule has 0 spiro atoms. The van der Waals surface area contributed by atoms with Gasteiger partial charge in [0.25, 0.3) is 0 Å². The average Bonchev–Trinajstić information content (AvgIpc) is 2.60. The van der Waals surface area contributed by atoms with E-state index >= 15 is 0 Å². The highest BCUT2D eigenvalue weighted by molar-refractivity contribution is 6.04. The van der Waals surface area contributed by atoms with Crippen LogP contribution in [0, 0.1) is 0 Å². The number of aromatic carboxylic acids is 1. The molecule has 0 amide bonds. The molecule has 4 heteroatoms. The van der Waals surface area contributed by atoms with Crippen LogP contribution in [-0.2, 0) is 6.42 Å². The van der Waals surface area contributed by atoms with Crippen LogP contribution in [0.4, 0.5) is 0 Å². The molecule has 4 nitrogen and oxygen atoms in total. The molecule has 0 bridgehead atoms. The lowest BCUT2D eigenvalue weighted by Gasteiger charge is -2.09. The van der Waals surface area contributed by atoms with Gasteiger partial charge in [-0.25, -0.2) is 9.78 Å². The third-order valence-electron chi connectivity index (χ3n) is 3.91. The van der Waals surface area contributed by atoms with Gasteiger partial charge >= 0.3 is 5.97 Å². The molecule has 0 unspecified atom stereocenters. The first-order valence-corrected chi connectivity index (χ1v) is 7.43. The van der Waals surface area contributed by atoms with Gasteiger partial charge in [-0.1, -0.05) is 31.2 Å². The van der Waals surface area contributed by atoms with Crippen LogP contribution in [0.25, 0.3) is 22.2 Å². The van der Waals surface area contributed by atoms with Gasteiger partial charge in [0.1, 0.15) is 5.75 Å². The summed E-state index contributed by atoms with van der Waals surface area (Å²) in [6.07, 6.45) is 0.961. The highest BCUT2D eigenvalue weighted by Gasteiger charge is 2.13. The zero-order valence-electron chi connectivity index (χ0n) is 13.0. The predicted octanol–water partition coefficient (Wildman–Crippen LogP) is 4.17. The molecule has 1 N–H and O–H groups in total. The Bertz CT molecular complexity index is 870. The number of fused-ring (bicyclic) bond motifs is 1. The van der Waals surface area contributed by atoms with E-state index in [2.05, 4.69) is 11.9 Å². The number of nitrogens with zero attached hydrogens (tertiary/aromatic N) is 1. The molecular formula is C19H17NO3. The van der Waals surface area contributed by atoms with Crippen LogP contribution in [0.3, 0.4) is 0 Å². The molecule has 3 aromatic rings. The van der Waals surface area contributed by atoms with Crippen molar-refractivity contribution in [2.24, 2.45) is 0 Å². The van der Waals surface area contributed by atoms with Crippen LogP contribution in [0.1, 0.15) is 22.8 Å². The van der Waals surface area contributed by atoms with Crippen molar-refractivity contribution in [3.63, 3.8) is 0 Å². The number of aryl methyl sites for hydroxylation is 1. The Morgan fingerprint density at radius 3 is 2.48 bits per heavy atom. The Kier molecular flexibility index (Phi) is 3.98. The van der Waals surface area contributed by atoms with E-state index in [0.29, 0.717) is 22.3 Å². The highest BCUT2D eigenvalue weighted by Crippen LogP contribution is 2.27. The SMILES string of the molecule is CCc1ccc(-c2cc(C(=O)O)c3ccc(OC)cc3n2)cc1. The van der Waals surface area contributed by atoms with Crippen LogP contribution in [0.15, 0.2) is 48.5 Å². The topological polar surface area (TPSA) is 59.4 Å². The Balaban J connectivity index is 2.21. The maximum Gasteiger partial charge on any atom is 0.336 e. The summed E-state index contributed by atoms with van der Waals surface area (Å²) < 4.78 is 5.21. The summed E-state index contributed by atoms with van der Waals surface area (Å²) in [7, 11) is 1.58. The van der Waals surface area contributed by atoms with Crippen LogP contribution in [-0.4, -0.2) is 23.2 Å². The van der Waals surface area contributed by atoms with Crippen LogP contribution < -0.4 is 4.74 Å². The van der Waals surface area contributed by atoms with Crippen molar-refractivity contribution in [2.75, 3.05) is 7.11 Å². The minimum Gasteiger partial charge on any atom is -0.497 e. The Morgan fingerprint density at radius 1 is 1.13 bits per heavy atom. The number of benzene rings is 2. The van der Waals surface area contributed by atoms with Crippen molar-refractivity contribution in [3.8, 4) is 17.0 Å². The lowest BCUT2D eigenvalue weighted by Crippen LogP contribution is -2.00. The second kappa shape index (κ2) is 6.08. The molecule has 0 saturated carbocycles. The number of carboxylic acid groups (broad SMARTS) is 1. The summed E-state index contributed by atoms with van der Waals surface area (Å²) in [5.74, 6) is -0.311. The fraction of sp³-hybridized carbons (Fsp3) is 0.158. The molecule has 0 aliphatic carbocycles. The molecule has 1 aromatic heterocycles. The zero-order valence-corrected chi connectivity index (χ0v) is 13.0. The smallest absolute Gasteiger partial charge is 0.336 e. The lowest BCUT2D eigenvalue weighted by molar-refractivity contribution is 0.0699. The molecule has 1 heterocycles. The zero-order chi connectivity index (χ0) is 16.4. The van der Waals surface area contributed by atoms with E-state index in [9.17, 15) is 9.90 Å². The molecule has 116 valence electrons. The van der Waals surface area contributed by atoms with E-state index in [1.807, 2.05) is 24.3 Å². The van der Waals surface area contributed by atoms with Gasteiger partial charge in [-0.05, 0) is 30.2 Å². The first kappa shape index (κ1) is 15.0. The number of hydrogen-bond donors (Lipinski definition) is 1. The number of carboxylic acids is 1.